The third-order valence-corrected chi connectivity index (χ3v) is 9.81. The molecule has 134 valence electrons. The maximum Gasteiger partial charge on any atom is 0.191 e. The normalized spacial score (nSPS) is 12.8. The third-order valence-electron chi connectivity index (χ3n) is 5.27. The van der Waals surface area contributed by atoms with Crippen LogP contribution in [-0.4, -0.2) is 14.9 Å². The van der Waals surface area contributed by atoms with E-state index >= 15 is 0 Å². The molecule has 0 atom stereocenters. The van der Waals surface area contributed by atoms with E-state index in [0.717, 1.165) is 6.61 Å². The molecule has 0 unspecified atom stereocenters. The minimum absolute atomic E-state index is 0.351. The average molecular weight is 329 g/mol. The summed E-state index contributed by atoms with van der Waals surface area (Å²) in [6.07, 6.45) is 16.9. The molecule has 0 aromatic rings. The second kappa shape index (κ2) is 12.6. The summed E-state index contributed by atoms with van der Waals surface area (Å²) in [5.74, 6) is 0. The Morgan fingerprint density at radius 2 is 1.00 bits per heavy atom. The van der Waals surface area contributed by atoms with Gasteiger partial charge in [0.05, 0.1) is 0 Å². The van der Waals surface area contributed by atoms with Gasteiger partial charge in [0, 0.05) is 6.61 Å². The molecule has 0 saturated carbocycles. The maximum atomic E-state index is 6.22. The van der Waals surface area contributed by atoms with Gasteiger partial charge in [-0.05, 0) is 24.6 Å². The zero-order valence-electron chi connectivity index (χ0n) is 16.6. The molecule has 0 N–H and O–H groups in total. The van der Waals surface area contributed by atoms with Crippen molar-refractivity contribution in [2.45, 2.75) is 123 Å². The zero-order valence-corrected chi connectivity index (χ0v) is 17.6. The van der Waals surface area contributed by atoms with Crippen LogP contribution in [0.15, 0.2) is 0 Å². The number of rotatable bonds is 14. The quantitative estimate of drug-likeness (QED) is 0.234. The van der Waals surface area contributed by atoms with E-state index in [-0.39, 0.29) is 0 Å². The van der Waals surface area contributed by atoms with Crippen LogP contribution >= 0.6 is 0 Å². The molecule has 0 bridgehead atoms. The average Bonchev–Trinajstić information content (AvgIpc) is 2.42. The van der Waals surface area contributed by atoms with Crippen LogP contribution in [0.3, 0.4) is 0 Å². The van der Waals surface area contributed by atoms with Crippen molar-refractivity contribution < 1.29 is 4.43 Å². The molecule has 0 aliphatic rings. The molecule has 0 heterocycles. The van der Waals surface area contributed by atoms with Gasteiger partial charge in [-0.1, -0.05) is 98.3 Å². The van der Waals surface area contributed by atoms with Crippen LogP contribution in [0, 0.1) is 0 Å². The predicted molar refractivity (Wildman–Crippen MR) is 104 cm³/mol. The molecule has 22 heavy (non-hydrogen) atoms. The van der Waals surface area contributed by atoms with Crippen molar-refractivity contribution in [2.75, 3.05) is 6.61 Å². The predicted octanol–water partition coefficient (Wildman–Crippen LogP) is 7.71. The highest BCUT2D eigenvalue weighted by atomic mass is 28.4. The Balaban J connectivity index is 3.28. The van der Waals surface area contributed by atoms with Gasteiger partial charge < -0.3 is 4.43 Å². The molecular formula is C20H44OSi. The Labute approximate surface area is 142 Å². The highest BCUT2D eigenvalue weighted by Gasteiger charge is 2.36. The summed E-state index contributed by atoms with van der Waals surface area (Å²) in [7, 11) is -1.51. The fourth-order valence-electron chi connectivity index (χ4n) is 2.49. The summed E-state index contributed by atoms with van der Waals surface area (Å²) in [6, 6.07) is 0. The lowest BCUT2D eigenvalue weighted by Crippen LogP contribution is -2.40. The Kier molecular flexibility index (Phi) is 12.7. The highest BCUT2D eigenvalue weighted by Crippen LogP contribution is 2.36. The lowest BCUT2D eigenvalue weighted by Gasteiger charge is -2.36. The van der Waals surface area contributed by atoms with Gasteiger partial charge in [0.1, 0.15) is 0 Å². The van der Waals surface area contributed by atoms with Crippen LogP contribution in [0.5, 0.6) is 0 Å². The molecule has 0 saturated heterocycles. The Morgan fingerprint density at radius 3 is 1.36 bits per heavy atom. The summed E-state index contributed by atoms with van der Waals surface area (Å²) >= 11 is 0. The molecule has 0 aromatic carbocycles. The van der Waals surface area contributed by atoms with Crippen LogP contribution < -0.4 is 0 Å². The molecule has 1 nitrogen and oxygen atoms in total. The first kappa shape index (κ1) is 22.2. The van der Waals surface area contributed by atoms with Gasteiger partial charge in [0.25, 0.3) is 0 Å². The maximum absolute atomic E-state index is 6.22. The van der Waals surface area contributed by atoms with Crippen LogP contribution in [0.1, 0.15) is 105 Å². The molecular weight excluding hydrogens is 284 g/mol. The Morgan fingerprint density at radius 1 is 0.636 bits per heavy atom. The number of hydrogen-bond acceptors (Lipinski definition) is 1. The van der Waals surface area contributed by atoms with E-state index in [4.69, 9.17) is 4.43 Å². The van der Waals surface area contributed by atoms with Crippen LogP contribution in [0.4, 0.5) is 0 Å². The van der Waals surface area contributed by atoms with Gasteiger partial charge in [-0.15, -0.1) is 0 Å². The topological polar surface area (TPSA) is 9.23 Å². The summed E-state index contributed by atoms with van der Waals surface area (Å²) in [5.41, 5.74) is 0. The van der Waals surface area contributed by atoms with Crippen LogP contribution in [0.25, 0.3) is 0 Å². The molecule has 0 spiro atoms. The van der Waals surface area contributed by atoms with E-state index in [1.165, 1.54) is 77.0 Å². The smallest absolute Gasteiger partial charge is 0.191 e. The molecule has 0 aliphatic heterocycles. The van der Waals surface area contributed by atoms with Crippen molar-refractivity contribution in [3.05, 3.63) is 0 Å². The molecule has 0 amide bonds. The standard InChI is InChI=1S/C20H44OSi/c1-7-8-9-10-11-12-13-14-15-16-17-18-19-21-22(5,6)20(2,3)4/h7-19H2,1-6H3. The van der Waals surface area contributed by atoms with Crippen molar-refractivity contribution in [3.8, 4) is 0 Å². The monoisotopic (exact) mass is 328 g/mol. The second-order valence-electron chi connectivity index (χ2n) is 8.50. The molecule has 0 radical (unpaired) electrons. The fourth-order valence-corrected chi connectivity index (χ4v) is 3.57. The van der Waals surface area contributed by atoms with E-state index < -0.39 is 8.32 Å². The second-order valence-corrected chi connectivity index (χ2v) is 13.3. The fraction of sp³-hybridized carbons (Fsp3) is 1.00. The Hall–Kier alpha value is 0.177. The number of hydrogen-bond donors (Lipinski definition) is 0. The van der Waals surface area contributed by atoms with Crippen molar-refractivity contribution >= 4 is 8.32 Å². The molecule has 0 fully saturated rings. The first-order chi connectivity index (χ1) is 10.3. The van der Waals surface area contributed by atoms with Crippen molar-refractivity contribution in [2.24, 2.45) is 0 Å². The first-order valence-corrected chi connectivity index (χ1v) is 12.9. The minimum atomic E-state index is -1.51. The largest absolute Gasteiger partial charge is 0.417 e. The molecule has 0 aromatic heterocycles. The van der Waals surface area contributed by atoms with E-state index in [0.29, 0.717) is 5.04 Å². The van der Waals surface area contributed by atoms with Crippen LogP contribution in [-0.2, 0) is 4.43 Å². The van der Waals surface area contributed by atoms with Gasteiger partial charge in [0.2, 0.25) is 0 Å². The minimum Gasteiger partial charge on any atom is -0.417 e. The van der Waals surface area contributed by atoms with Gasteiger partial charge in [-0.25, -0.2) is 0 Å². The first-order valence-electron chi connectivity index (χ1n) is 9.95. The Bertz CT molecular complexity index is 243. The summed E-state index contributed by atoms with van der Waals surface area (Å²) < 4.78 is 6.22. The summed E-state index contributed by atoms with van der Waals surface area (Å²) in [4.78, 5) is 0. The number of unbranched alkanes of at least 4 members (excludes halogenated alkanes) is 11. The molecule has 2 heteroatoms. The van der Waals surface area contributed by atoms with Gasteiger partial charge in [-0.3, -0.25) is 0 Å². The van der Waals surface area contributed by atoms with Gasteiger partial charge in [0.15, 0.2) is 8.32 Å². The van der Waals surface area contributed by atoms with Crippen molar-refractivity contribution in [1.82, 2.24) is 0 Å². The van der Waals surface area contributed by atoms with E-state index in [2.05, 4.69) is 40.8 Å². The lowest BCUT2D eigenvalue weighted by atomic mass is 10.1. The van der Waals surface area contributed by atoms with E-state index in [9.17, 15) is 0 Å². The van der Waals surface area contributed by atoms with Gasteiger partial charge in [-0.2, -0.15) is 0 Å². The van der Waals surface area contributed by atoms with E-state index in [1.54, 1.807) is 0 Å². The SMILES string of the molecule is CCCCCCCCCCCCCCO[Si](C)(C)C(C)(C)C. The van der Waals surface area contributed by atoms with E-state index in [1.807, 2.05) is 0 Å². The zero-order chi connectivity index (χ0) is 16.9. The summed E-state index contributed by atoms with van der Waals surface area (Å²) in [5, 5.41) is 0.351. The third kappa shape index (κ3) is 11.7. The lowest BCUT2D eigenvalue weighted by molar-refractivity contribution is 0.277. The van der Waals surface area contributed by atoms with Crippen molar-refractivity contribution in [1.29, 1.82) is 0 Å². The van der Waals surface area contributed by atoms with Gasteiger partial charge >= 0.3 is 0 Å². The summed E-state index contributed by atoms with van der Waals surface area (Å²) in [6.45, 7) is 14.9. The van der Waals surface area contributed by atoms with Crippen LogP contribution in [0.2, 0.25) is 18.1 Å². The van der Waals surface area contributed by atoms with Crippen molar-refractivity contribution in [3.63, 3.8) is 0 Å². The highest BCUT2D eigenvalue weighted by molar-refractivity contribution is 6.74. The molecule has 0 aliphatic carbocycles. The molecule has 0 rings (SSSR count).